The molecular formula is C17H11F3N2O5S. The summed E-state index contributed by atoms with van der Waals surface area (Å²) in [4.78, 5) is 24.7. The van der Waals surface area contributed by atoms with Gasteiger partial charge in [0.1, 0.15) is 0 Å². The van der Waals surface area contributed by atoms with Crippen molar-refractivity contribution < 1.29 is 26.7 Å². The van der Waals surface area contributed by atoms with Crippen molar-refractivity contribution >= 4 is 20.7 Å². The van der Waals surface area contributed by atoms with Crippen molar-refractivity contribution in [1.82, 2.24) is 9.13 Å². The number of alkyl halides is 3. The van der Waals surface area contributed by atoms with Crippen LogP contribution in [0.5, 0.6) is 0 Å². The molecule has 1 N–H and O–H groups in total. The molecule has 1 aliphatic rings. The highest BCUT2D eigenvalue weighted by Gasteiger charge is 2.37. The molecule has 0 atom stereocenters. The molecule has 4 rings (SSSR count). The molecule has 0 fully saturated rings. The molecule has 0 saturated carbocycles. The van der Waals surface area contributed by atoms with Crippen molar-refractivity contribution in [3.05, 3.63) is 62.8 Å². The largest absolute Gasteiger partial charge is 0.416 e. The van der Waals surface area contributed by atoms with E-state index in [9.17, 15) is 31.2 Å². The third-order valence-electron chi connectivity index (χ3n) is 4.55. The second-order valence-corrected chi connectivity index (χ2v) is 8.02. The third-order valence-corrected chi connectivity index (χ3v) is 6.38. The molecule has 0 bridgehead atoms. The van der Waals surface area contributed by atoms with Crippen LogP contribution in [0.4, 0.5) is 13.2 Å². The number of nitrogens with zero attached hydrogens (tertiary/aromatic N) is 2. The van der Waals surface area contributed by atoms with E-state index >= 15 is 0 Å². The second-order valence-electron chi connectivity index (χ2n) is 6.13. The smallest absolute Gasteiger partial charge is 0.395 e. The van der Waals surface area contributed by atoms with Crippen LogP contribution in [-0.2, 0) is 22.6 Å². The van der Waals surface area contributed by atoms with Gasteiger partial charge < -0.3 is 5.11 Å². The number of aliphatic hydroxyl groups excluding tert-OH is 1. The Hall–Kier alpha value is -2.92. The van der Waals surface area contributed by atoms with E-state index in [1.165, 1.54) is 18.2 Å². The fourth-order valence-electron chi connectivity index (χ4n) is 3.33. The minimum atomic E-state index is -4.77. The Balaban J connectivity index is 2.29. The molecule has 2 heterocycles. The maximum absolute atomic E-state index is 13.2. The van der Waals surface area contributed by atoms with E-state index < -0.39 is 56.6 Å². The Kier molecular flexibility index (Phi) is 3.81. The summed E-state index contributed by atoms with van der Waals surface area (Å²) in [5.74, 6) is 0. The van der Waals surface area contributed by atoms with Gasteiger partial charge in [0.25, 0.3) is 5.56 Å². The lowest BCUT2D eigenvalue weighted by atomic mass is 10.1. The first-order chi connectivity index (χ1) is 13.1. The summed E-state index contributed by atoms with van der Waals surface area (Å²) in [7, 11) is -4.25. The van der Waals surface area contributed by atoms with E-state index in [4.69, 9.17) is 5.11 Å². The summed E-state index contributed by atoms with van der Waals surface area (Å²) in [5, 5.41) is 8.99. The lowest BCUT2D eigenvalue weighted by Gasteiger charge is -2.24. The van der Waals surface area contributed by atoms with E-state index in [2.05, 4.69) is 0 Å². The monoisotopic (exact) mass is 412 g/mol. The van der Waals surface area contributed by atoms with Crippen molar-refractivity contribution in [3.8, 4) is 5.69 Å². The van der Waals surface area contributed by atoms with Gasteiger partial charge in [-0.3, -0.25) is 13.9 Å². The number of aromatic nitrogens is 2. The SMILES string of the molecule is O=c1c2cccc3c2n(c(=O)n1CCO)-c1cc(C(F)(F)F)ccc1S3(=O)=O. The molecule has 3 aromatic rings. The maximum Gasteiger partial charge on any atom is 0.416 e. The molecule has 1 aliphatic heterocycles. The summed E-state index contributed by atoms with van der Waals surface area (Å²) in [6.45, 7) is -0.951. The van der Waals surface area contributed by atoms with Crippen LogP contribution in [0, 0.1) is 0 Å². The van der Waals surface area contributed by atoms with Gasteiger partial charge in [-0.2, -0.15) is 13.2 Å². The van der Waals surface area contributed by atoms with Gasteiger partial charge in [-0.25, -0.2) is 13.2 Å². The van der Waals surface area contributed by atoms with Crippen molar-refractivity contribution in [3.63, 3.8) is 0 Å². The van der Waals surface area contributed by atoms with Gasteiger partial charge in [-0.05, 0) is 30.3 Å². The van der Waals surface area contributed by atoms with E-state index in [1.54, 1.807) is 0 Å². The molecule has 1 aromatic heterocycles. The number of hydrogen-bond donors (Lipinski definition) is 1. The molecule has 0 amide bonds. The lowest BCUT2D eigenvalue weighted by Crippen LogP contribution is -2.42. The van der Waals surface area contributed by atoms with Gasteiger partial charge in [0.2, 0.25) is 9.84 Å². The highest BCUT2D eigenvalue weighted by molar-refractivity contribution is 7.92. The first kappa shape index (κ1) is 18.4. The number of halogens is 3. The van der Waals surface area contributed by atoms with Crippen LogP contribution < -0.4 is 11.2 Å². The number of sulfone groups is 1. The van der Waals surface area contributed by atoms with Crippen LogP contribution >= 0.6 is 0 Å². The fraction of sp³-hybridized carbons (Fsp3) is 0.176. The molecule has 0 radical (unpaired) electrons. The summed E-state index contributed by atoms with van der Waals surface area (Å²) in [6.07, 6.45) is -4.77. The molecule has 146 valence electrons. The molecule has 0 saturated heterocycles. The summed E-state index contributed by atoms with van der Waals surface area (Å²) in [6, 6.07) is 5.75. The number of hydrogen-bond acceptors (Lipinski definition) is 5. The van der Waals surface area contributed by atoms with Crippen LogP contribution in [0.25, 0.3) is 16.6 Å². The second kappa shape index (κ2) is 5.79. The molecule has 0 aliphatic carbocycles. The first-order valence-electron chi connectivity index (χ1n) is 7.95. The van der Waals surface area contributed by atoms with E-state index in [-0.39, 0.29) is 15.8 Å². The standard InChI is InChI=1S/C17H11F3N2O5S/c18-17(19,20)9-4-5-12-11(8-9)22-14-10(2-1-3-13(14)28(12,26)27)15(24)21(6-7-23)16(22)25/h1-5,8,23H,6-7H2. The Bertz CT molecular complexity index is 1370. The van der Waals surface area contributed by atoms with Gasteiger partial charge >= 0.3 is 11.9 Å². The average Bonchev–Trinajstić information content (AvgIpc) is 2.63. The van der Waals surface area contributed by atoms with Crippen LogP contribution in [0.1, 0.15) is 5.56 Å². The normalized spacial score (nSPS) is 14.9. The van der Waals surface area contributed by atoms with Gasteiger partial charge in [0.15, 0.2) is 0 Å². The number of fused-ring (bicyclic) bond motifs is 2. The molecule has 0 unspecified atom stereocenters. The maximum atomic E-state index is 13.2. The fourth-order valence-corrected chi connectivity index (χ4v) is 4.95. The van der Waals surface area contributed by atoms with E-state index in [0.717, 1.165) is 10.6 Å². The predicted molar refractivity (Wildman–Crippen MR) is 91.3 cm³/mol. The van der Waals surface area contributed by atoms with Gasteiger partial charge in [-0.1, -0.05) is 6.07 Å². The number of para-hydroxylation sites is 1. The number of benzene rings is 2. The van der Waals surface area contributed by atoms with E-state index in [1.807, 2.05) is 0 Å². The third kappa shape index (κ3) is 2.36. The minimum absolute atomic E-state index is 0.155. The lowest BCUT2D eigenvalue weighted by molar-refractivity contribution is -0.137. The molecule has 11 heteroatoms. The summed E-state index contributed by atoms with van der Waals surface area (Å²) < 4.78 is 66.8. The van der Waals surface area contributed by atoms with Crippen molar-refractivity contribution in [2.24, 2.45) is 0 Å². The van der Waals surface area contributed by atoms with Gasteiger partial charge in [0.05, 0.1) is 45.1 Å². The van der Waals surface area contributed by atoms with Gasteiger partial charge in [0, 0.05) is 0 Å². The average molecular weight is 412 g/mol. The quantitative estimate of drug-likeness (QED) is 0.535. The molecule has 0 spiro atoms. The molecular weight excluding hydrogens is 401 g/mol. The van der Waals surface area contributed by atoms with Crippen LogP contribution in [-0.4, -0.2) is 29.3 Å². The van der Waals surface area contributed by atoms with Crippen LogP contribution in [0.3, 0.4) is 0 Å². The summed E-state index contributed by atoms with van der Waals surface area (Å²) in [5.41, 5.74) is -3.78. The molecule has 7 nitrogen and oxygen atoms in total. The minimum Gasteiger partial charge on any atom is -0.395 e. The number of rotatable bonds is 2. The zero-order valence-corrected chi connectivity index (χ0v) is 14.7. The Morgan fingerprint density at radius 1 is 1.04 bits per heavy atom. The summed E-state index contributed by atoms with van der Waals surface area (Å²) >= 11 is 0. The Morgan fingerprint density at radius 2 is 1.75 bits per heavy atom. The van der Waals surface area contributed by atoms with E-state index in [0.29, 0.717) is 16.7 Å². The zero-order valence-electron chi connectivity index (χ0n) is 13.9. The van der Waals surface area contributed by atoms with Crippen molar-refractivity contribution in [1.29, 1.82) is 0 Å². The zero-order chi connectivity index (χ0) is 20.4. The number of aliphatic hydroxyl groups is 1. The Morgan fingerprint density at radius 3 is 2.39 bits per heavy atom. The van der Waals surface area contributed by atoms with Crippen LogP contribution in [0.15, 0.2) is 55.8 Å². The first-order valence-corrected chi connectivity index (χ1v) is 9.43. The highest BCUT2D eigenvalue weighted by atomic mass is 32.2. The Labute approximate surface area is 154 Å². The predicted octanol–water partition coefficient (Wildman–Crippen LogP) is 1.31. The highest BCUT2D eigenvalue weighted by Crippen LogP contribution is 2.39. The van der Waals surface area contributed by atoms with Crippen LogP contribution in [0.2, 0.25) is 0 Å². The van der Waals surface area contributed by atoms with Gasteiger partial charge in [-0.15, -0.1) is 0 Å². The molecule has 28 heavy (non-hydrogen) atoms. The molecule has 2 aromatic carbocycles. The van der Waals surface area contributed by atoms with Crippen molar-refractivity contribution in [2.45, 2.75) is 22.5 Å². The topological polar surface area (TPSA) is 98.4 Å². The van der Waals surface area contributed by atoms with Crippen molar-refractivity contribution in [2.75, 3.05) is 6.61 Å².